The molecule has 0 amide bonds. The summed E-state index contributed by atoms with van der Waals surface area (Å²) >= 11 is 1.22. The molecule has 2 rings (SSSR count). The van der Waals surface area contributed by atoms with Gasteiger partial charge in [-0.05, 0) is 29.8 Å². The fraction of sp³-hybridized carbons (Fsp3) is 0.154. The van der Waals surface area contributed by atoms with Crippen LogP contribution in [0.2, 0.25) is 0 Å². The van der Waals surface area contributed by atoms with Crippen LogP contribution in [0.1, 0.15) is 0 Å². The van der Waals surface area contributed by atoms with Crippen molar-refractivity contribution in [2.75, 3.05) is 7.11 Å². The molecule has 0 radical (unpaired) electrons. The van der Waals surface area contributed by atoms with Crippen LogP contribution in [0.15, 0.2) is 47.4 Å². The summed E-state index contributed by atoms with van der Waals surface area (Å²) in [5.41, 5.74) is 1.80. The molecule has 0 aliphatic rings. The van der Waals surface area contributed by atoms with Crippen LogP contribution in [0.3, 0.4) is 0 Å². The number of aromatic nitrogens is 1. The molecule has 0 saturated carbocycles. The van der Waals surface area contributed by atoms with Gasteiger partial charge in [0.1, 0.15) is 5.75 Å². The first-order valence-electron chi connectivity index (χ1n) is 5.78. The summed E-state index contributed by atoms with van der Waals surface area (Å²) in [6.07, 6.45) is 1.68. The number of hydrogen-bond acceptors (Lipinski definition) is 4. The van der Waals surface area contributed by atoms with Crippen LogP contribution < -0.4 is 9.54 Å². The maximum absolute atomic E-state index is 10.5. The summed E-state index contributed by atoms with van der Waals surface area (Å²) < 4.78 is 6.86. The smallest absolute Gasteiger partial charge is 0.263 e. The highest BCUT2D eigenvalue weighted by molar-refractivity contribution is 7.07. The lowest BCUT2D eigenvalue weighted by Crippen LogP contribution is -2.16. The van der Waals surface area contributed by atoms with Gasteiger partial charge in [0.05, 0.1) is 17.9 Å². The lowest BCUT2D eigenvalue weighted by molar-refractivity contribution is -0.490. The van der Waals surface area contributed by atoms with Crippen molar-refractivity contribution in [2.24, 2.45) is 5.10 Å². The van der Waals surface area contributed by atoms with Crippen LogP contribution in [0.5, 0.6) is 5.75 Å². The Hall–Kier alpha value is -2.41. The number of methoxy groups -OCH3 is 1. The fourth-order valence-corrected chi connectivity index (χ4v) is 2.67. The number of nitrogens with zero attached hydrogens (tertiary/aromatic N) is 3. The predicted molar refractivity (Wildman–Crippen MR) is 77.1 cm³/mol. The third-order valence-electron chi connectivity index (χ3n) is 2.66. The van der Waals surface area contributed by atoms with E-state index >= 15 is 0 Å². The first-order valence-corrected chi connectivity index (χ1v) is 6.66. The van der Waals surface area contributed by atoms with Crippen molar-refractivity contribution in [3.8, 4) is 17.0 Å². The second-order valence-electron chi connectivity index (χ2n) is 3.87. The highest BCUT2D eigenvalue weighted by atomic mass is 32.1. The van der Waals surface area contributed by atoms with Crippen LogP contribution in [-0.2, 0) is 6.54 Å². The lowest BCUT2D eigenvalue weighted by Gasteiger charge is -2.06. The third kappa shape index (κ3) is 2.94. The van der Waals surface area contributed by atoms with Crippen molar-refractivity contribution in [3.05, 3.63) is 57.2 Å². The van der Waals surface area contributed by atoms with E-state index in [1.807, 2.05) is 29.6 Å². The topological polar surface area (TPSA) is 69.7 Å². The minimum atomic E-state index is -0.691. The second kappa shape index (κ2) is 6.16. The Kier molecular flexibility index (Phi) is 4.31. The highest BCUT2D eigenvalue weighted by Gasteiger charge is 2.09. The maximum atomic E-state index is 10.5. The quantitative estimate of drug-likeness (QED) is 0.483. The van der Waals surface area contributed by atoms with Crippen molar-refractivity contribution in [1.82, 2.24) is 4.57 Å². The number of benzene rings is 1. The summed E-state index contributed by atoms with van der Waals surface area (Å²) in [6.45, 7) is 4.13. The Morgan fingerprint density at radius 2 is 2.20 bits per heavy atom. The molecule has 2 aromatic rings. The molecule has 0 spiro atoms. The molecule has 104 valence electrons. The van der Waals surface area contributed by atoms with Crippen LogP contribution in [0.4, 0.5) is 0 Å². The molecule has 0 atom stereocenters. The van der Waals surface area contributed by atoms with E-state index in [1.54, 1.807) is 17.8 Å². The van der Waals surface area contributed by atoms with E-state index < -0.39 is 5.03 Å². The van der Waals surface area contributed by atoms with Crippen molar-refractivity contribution < 1.29 is 9.77 Å². The molecule has 7 heteroatoms. The van der Waals surface area contributed by atoms with Gasteiger partial charge in [0.15, 0.2) is 5.03 Å². The van der Waals surface area contributed by atoms with Gasteiger partial charge in [-0.25, -0.2) is 10.1 Å². The van der Waals surface area contributed by atoms with Gasteiger partial charge in [0.25, 0.3) is 4.80 Å². The third-order valence-corrected chi connectivity index (χ3v) is 3.52. The molecule has 6 nitrogen and oxygen atoms in total. The lowest BCUT2D eigenvalue weighted by atomic mass is 10.1. The van der Waals surface area contributed by atoms with Crippen molar-refractivity contribution in [2.45, 2.75) is 6.54 Å². The Morgan fingerprint density at radius 1 is 1.50 bits per heavy atom. The van der Waals surface area contributed by atoms with E-state index in [0.29, 0.717) is 11.3 Å². The molecule has 0 fully saturated rings. The molecule has 0 aliphatic heterocycles. The van der Waals surface area contributed by atoms with Gasteiger partial charge in [-0.3, -0.25) is 0 Å². The number of nitro groups is 1. The molecule has 20 heavy (non-hydrogen) atoms. The number of ether oxygens (including phenoxy) is 1. The molecule has 1 aromatic carbocycles. The van der Waals surface area contributed by atoms with Gasteiger partial charge in [0, 0.05) is 11.9 Å². The molecule has 0 bridgehead atoms. The van der Waals surface area contributed by atoms with Crippen LogP contribution in [0, 0.1) is 10.1 Å². The standard InChI is InChI=1S/C13H13N3O3S/c1-3-8-15-12(9-20-13(15)14-16(17)18)10-4-6-11(19-2)7-5-10/h3-7,9H,1,8H2,2H3/b14-13-. The van der Waals surface area contributed by atoms with Gasteiger partial charge >= 0.3 is 0 Å². The summed E-state index contributed by atoms with van der Waals surface area (Å²) in [6, 6.07) is 7.48. The summed E-state index contributed by atoms with van der Waals surface area (Å²) in [7, 11) is 1.60. The Labute approximate surface area is 119 Å². The number of allylic oxidation sites excluding steroid dienone is 1. The monoisotopic (exact) mass is 291 g/mol. The second-order valence-corrected chi connectivity index (χ2v) is 4.71. The Morgan fingerprint density at radius 3 is 2.75 bits per heavy atom. The van der Waals surface area contributed by atoms with E-state index in [4.69, 9.17) is 4.74 Å². The van der Waals surface area contributed by atoms with Gasteiger partial charge < -0.3 is 9.30 Å². The number of hydrogen-bond donors (Lipinski definition) is 0. The SMILES string of the molecule is C=CCn1c(-c2ccc(OC)cc2)cs/c1=N\[N+](=O)[O-]. The fourth-order valence-electron chi connectivity index (χ4n) is 1.78. The average molecular weight is 291 g/mol. The zero-order valence-corrected chi connectivity index (χ0v) is 11.7. The molecule has 0 unspecified atom stereocenters. The molecule has 1 heterocycles. The molecular weight excluding hydrogens is 278 g/mol. The normalized spacial score (nSPS) is 11.3. The zero-order valence-electron chi connectivity index (χ0n) is 10.9. The van der Waals surface area contributed by atoms with E-state index in [0.717, 1.165) is 17.0 Å². The highest BCUT2D eigenvalue weighted by Crippen LogP contribution is 2.23. The van der Waals surface area contributed by atoms with Crippen LogP contribution in [0.25, 0.3) is 11.3 Å². The summed E-state index contributed by atoms with van der Waals surface area (Å²) in [5, 5.41) is 15.1. The largest absolute Gasteiger partial charge is 0.497 e. The minimum Gasteiger partial charge on any atom is -0.497 e. The number of thiazole rings is 1. The van der Waals surface area contributed by atoms with Gasteiger partial charge in [-0.2, -0.15) is 0 Å². The van der Waals surface area contributed by atoms with E-state index in [-0.39, 0.29) is 0 Å². The van der Waals surface area contributed by atoms with Crippen LogP contribution in [-0.4, -0.2) is 16.7 Å². The molecule has 0 aliphatic carbocycles. The summed E-state index contributed by atoms with van der Waals surface area (Å²) in [4.78, 5) is 10.9. The predicted octanol–water partition coefficient (Wildman–Crippen LogP) is 2.50. The van der Waals surface area contributed by atoms with Crippen molar-refractivity contribution in [3.63, 3.8) is 0 Å². The van der Waals surface area contributed by atoms with Crippen molar-refractivity contribution >= 4 is 11.3 Å². The molecule has 1 aromatic heterocycles. The average Bonchev–Trinajstić information content (AvgIpc) is 2.82. The zero-order chi connectivity index (χ0) is 14.5. The van der Waals surface area contributed by atoms with E-state index in [2.05, 4.69) is 11.7 Å². The van der Waals surface area contributed by atoms with E-state index in [1.165, 1.54) is 11.3 Å². The van der Waals surface area contributed by atoms with Crippen molar-refractivity contribution in [1.29, 1.82) is 0 Å². The Bertz CT molecular complexity index is 686. The molecular formula is C13H13N3O3S. The summed E-state index contributed by atoms with van der Waals surface area (Å²) in [5.74, 6) is 0.759. The Balaban J connectivity index is 2.52. The maximum Gasteiger partial charge on any atom is 0.263 e. The molecule has 0 saturated heterocycles. The first kappa shape index (κ1) is 14.0. The van der Waals surface area contributed by atoms with E-state index in [9.17, 15) is 10.1 Å². The van der Waals surface area contributed by atoms with Gasteiger partial charge in [0.2, 0.25) is 0 Å². The molecule has 0 N–H and O–H groups in total. The number of rotatable bonds is 5. The van der Waals surface area contributed by atoms with Gasteiger partial charge in [-0.15, -0.1) is 6.58 Å². The minimum absolute atomic E-state index is 0.334. The van der Waals surface area contributed by atoms with Gasteiger partial charge in [-0.1, -0.05) is 17.4 Å². The first-order chi connectivity index (χ1) is 9.65. The van der Waals surface area contributed by atoms with Crippen LogP contribution >= 0.6 is 11.3 Å².